The molecule has 3 fully saturated rings. The molecule has 3 heterocycles. The van der Waals surface area contributed by atoms with Gasteiger partial charge in [0.1, 0.15) is 24.2 Å². The number of aliphatic hydroxyl groups excluding tert-OH is 3. The Kier molecular flexibility index (Phi) is 18.2. The summed E-state index contributed by atoms with van der Waals surface area (Å²) in [5.74, 6) is 8.77. The zero-order valence-corrected chi connectivity index (χ0v) is 40.2. The number of furan rings is 1. The van der Waals surface area contributed by atoms with Crippen LogP contribution in [0.3, 0.4) is 0 Å². The molecule has 3 aliphatic carbocycles. The lowest BCUT2D eigenvalue weighted by Gasteiger charge is -2.40. The number of aromatic hydroxyl groups is 1. The van der Waals surface area contributed by atoms with Crippen LogP contribution in [0.4, 0.5) is 0 Å². The Bertz CT molecular complexity index is 1940. The van der Waals surface area contributed by atoms with Gasteiger partial charge in [0.15, 0.2) is 17.5 Å². The lowest BCUT2D eigenvalue weighted by atomic mass is 9.68. The first-order chi connectivity index (χ1) is 31.0. The molecule has 3 aromatic rings. The normalized spacial score (nSPS) is 28.7. The predicted molar refractivity (Wildman–Crippen MR) is 261 cm³/mol. The van der Waals surface area contributed by atoms with E-state index < -0.39 is 12.2 Å². The number of rotatable bonds is 18. The van der Waals surface area contributed by atoms with Gasteiger partial charge in [0.25, 0.3) is 0 Å². The summed E-state index contributed by atoms with van der Waals surface area (Å²) >= 11 is 0. The van der Waals surface area contributed by atoms with Crippen molar-refractivity contribution in [2.75, 3.05) is 38.2 Å². The van der Waals surface area contributed by atoms with E-state index in [1.807, 2.05) is 46.7 Å². The second-order valence-corrected chi connectivity index (χ2v) is 22.3. The highest BCUT2D eigenvalue weighted by atomic mass is 33.1. The van der Waals surface area contributed by atoms with Gasteiger partial charge in [0.05, 0.1) is 12.7 Å². The second kappa shape index (κ2) is 23.7. The molecule has 2 bridgehead atoms. The molecule has 7 rings (SSSR count). The summed E-state index contributed by atoms with van der Waals surface area (Å²) in [6, 6.07) is 10.1. The van der Waals surface area contributed by atoms with E-state index in [2.05, 4.69) is 33.6 Å². The number of aliphatic imine (C=N–C) groups is 1. The third-order valence-corrected chi connectivity index (χ3v) is 17.8. The van der Waals surface area contributed by atoms with Crippen LogP contribution in [0.25, 0.3) is 0 Å². The van der Waals surface area contributed by atoms with Gasteiger partial charge in [-0.25, -0.2) is 0 Å². The topological polar surface area (TPSA) is 208 Å². The summed E-state index contributed by atoms with van der Waals surface area (Å²) in [4.78, 5) is 7.71. The van der Waals surface area contributed by atoms with Crippen LogP contribution >= 0.6 is 21.6 Å². The van der Waals surface area contributed by atoms with E-state index in [0.29, 0.717) is 72.6 Å². The van der Waals surface area contributed by atoms with Gasteiger partial charge in [-0.1, -0.05) is 60.3 Å². The molecule has 2 saturated carbocycles. The number of hydrogen-bond acceptors (Lipinski definition) is 11. The number of benzene rings is 1. The Labute approximate surface area is 389 Å². The number of nitrogens with two attached hydrogens (primary N) is 2. The molecule has 14 heteroatoms. The molecular formula is C50H78N6O6S2. The van der Waals surface area contributed by atoms with Crippen LogP contribution in [0.5, 0.6) is 11.5 Å². The van der Waals surface area contributed by atoms with E-state index in [1.165, 1.54) is 56.2 Å². The fraction of sp³-hybridized carbons (Fsp3) is 0.700. The average Bonchev–Trinajstić information content (AvgIpc) is 4.02. The van der Waals surface area contributed by atoms with Gasteiger partial charge in [0, 0.05) is 79.4 Å². The van der Waals surface area contributed by atoms with E-state index in [-0.39, 0.29) is 25.0 Å². The number of aryl methyl sites for hydroxylation is 4. The van der Waals surface area contributed by atoms with Crippen molar-refractivity contribution in [3.63, 3.8) is 0 Å². The molecular weight excluding hydrogens is 845 g/mol. The number of ether oxygens (including phenoxy) is 1. The largest absolute Gasteiger partial charge is 0.504 e. The van der Waals surface area contributed by atoms with Crippen LogP contribution < -0.4 is 26.8 Å². The third-order valence-electron chi connectivity index (χ3n) is 15.3. The van der Waals surface area contributed by atoms with Crippen molar-refractivity contribution in [2.24, 2.45) is 52.0 Å². The Morgan fingerprint density at radius 3 is 2.66 bits per heavy atom. The maximum absolute atomic E-state index is 11.3. The molecule has 11 N–H and O–H groups in total. The molecule has 0 amide bonds. The van der Waals surface area contributed by atoms with Crippen molar-refractivity contribution in [3.8, 4) is 11.5 Å². The van der Waals surface area contributed by atoms with Crippen LogP contribution in [0.2, 0.25) is 0 Å². The van der Waals surface area contributed by atoms with E-state index in [9.17, 15) is 20.4 Å². The molecule has 64 heavy (non-hydrogen) atoms. The van der Waals surface area contributed by atoms with Gasteiger partial charge in [-0.3, -0.25) is 4.99 Å². The van der Waals surface area contributed by atoms with Gasteiger partial charge >= 0.3 is 0 Å². The molecule has 12 nitrogen and oxygen atoms in total. The molecule has 1 aliphatic heterocycles. The highest BCUT2D eigenvalue weighted by Crippen LogP contribution is 2.48. The van der Waals surface area contributed by atoms with Crippen LogP contribution in [0.15, 0.2) is 39.7 Å². The summed E-state index contributed by atoms with van der Waals surface area (Å²) < 4.78 is 12.4. The molecule has 0 unspecified atom stereocenters. The fourth-order valence-corrected chi connectivity index (χ4v) is 14.3. The van der Waals surface area contributed by atoms with Crippen molar-refractivity contribution in [3.05, 3.63) is 69.9 Å². The van der Waals surface area contributed by atoms with Crippen molar-refractivity contribution >= 4 is 27.5 Å². The standard InChI is InChI=1S/C50H78N6O6S2/c1-30-11-14-35-20-37(28-63-64-29-45(30)56-50(52)53-3)42(51)22-34(35)7-4-5-10-48-36(26-57)21-38(62-48)16-12-32-13-18-46(59)49(19-32)61-27-47(60)44-23-40-41(25-54-24-31(2)58)39-9-6-8-33(39)15-17-43(40)55-44/h13,18-19,21,23,30-31,33-35,37,39,41-42,45,47,54-55,57-60H,4-12,14-17,20,22,24-29,51H2,1-3H3,(H3,52,53,56)/t30-,31+,33-,34-,35-,37-,39+,41+,42+,45-,47+/m1/s1. The third kappa shape index (κ3) is 13.0. The number of aromatic amines is 1. The number of unbranched alkanes of at least 4 members (excludes halogenated alkanes) is 1. The number of H-pyrrole nitrogens is 1. The van der Waals surface area contributed by atoms with Crippen molar-refractivity contribution in [1.82, 2.24) is 15.6 Å². The number of nitrogens with one attached hydrogen (secondary N) is 3. The van der Waals surface area contributed by atoms with Gasteiger partial charge in [-0.05, 0) is 136 Å². The molecule has 11 atom stereocenters. The Hall–Kier alpha value is -2.85. The molecule has 0 spiro atoms. The van der Waals surface area contributed by atoms with Crippen molar-refractivity contribution in [1.29, 1.82) is 0 Å². The highest BCUT2D eigenvalue weighted by Gasteiger charge is 2.39. The summed E-state index contributed by atoms with van der Waals surface area (Å²) in [6.45, 7) is 5.49. The summed E-state index contributed by atoms with van der Waals surface area (Å²) in [5, 5.41) is 49.2. The Balaban J connectivity index is 0.894. The zero-order valence-electron chi connectivity index (χ0n) is 38.6. The van der Waals surface area contributed by atoms with Crippen LogP contribution in [-0.4, -0.2) is 87.8 Å². The minimum absolute atomic E-state index is 0.00439. The minimum Gasteiger partial charge on any atom is -0.504 e. The number of guanidine groups is 1. The fourth-order valence-electron chi connectivity index (χ4n) is 11.4. The first-order valence-electron chi connectivity index (χ1n) is 24.4. The quantitative estimate of drug-likeness (QED) is 0.0263. The number of fused-ring (bicyclic) bond motifs is 4. The Morgan fingerprint density at radius 1 is 1.00 bits per heavy atom. The van der Waals surface area contributed by atoms with Crippen LogP contribution in [-0.2, 0) is 32.3 Å². The van der Waals surface area contributed by atoms with E-state index >= 15 is 0 Å². The molecule has 356 valence electrons. The van der Waals surface area contributed by atoms with E-state index in [0.717, 1.165) is 90.8 Å². The summed E-state index contributed by atoms with van der Waals surface area (Å²) in [7, 11) is 5.64. The molecule has 0 radical (unpaired) electrons. The van der Waals surface area contributed by atoms with Crippen LogP contribution in [0, 0.1) is 35.5 Å². The molecule has 4 aliphatic rings. The molecule has 1 aromatic carbocycles. The van der Waals surface area contributed by atoms with Crippen molar-refractivity contribution < 1.29 is 29.6 Å². The van der Waals surface area contributed by atoms with Gasteiger partial charge in [-0.15, -0.1) is 0 Å². The number of nitrogens with zero attached hydrogens (tertiary/aromatic N) is 1. The number of phenols is 1. The summed E-state index contributed by atoms with van der Waals surface area (Å²) in [5.41, 5.74) is 18.0. The summed E-state index contributed by atoms with van der Waals surface area (Å²) in [6.07, 6.45) is 14.7. The van der Waals surface area contributed by atoms with Gasteiger partial charge < -0.3 is 56.7 Å². The first kappa shape index (κ1) is 49.1. The van der Waals surface area contributed by atoms with E-state index in [4.69, 9.17) is 20.6 Å². The van der Waals surface area contributed by atoms with Crippen LogP contribution in [0.1, 0.15) is 136 Å². The number of phenolic OH excluding ortho intramolecular Hbond substituents is 1. The van der Waals surface area contributed by atoms with Gasteiger partial charge in [-0.2, -0.15) is 0 Å². The minimum atomic E-state index is -0.883. The second-order valence-electron chi connectivity index (χ2n) is 19.8. The maximum Gasteiger partial charge on any atom is 0.188 e. The van der Waals surface area contributed by atoms with Crippen molar-refractivity contribution in [2.45, 2.75) is 147 Å². The number of hydrogen-bond donors (Lipinski definition) is 9. The average molecular weight is 923 g/mol. The molecule has 2 aromatic heterocycles. The zero-order chi connectivity index (χ0) is 45.2. The Morgan fingerprint density at radius 2 is 1.84 bits per heavy atom. The van der Waals surface area contributed by atoms with Gasteiger partial charge in [0.2, 0.25) is 0 Å². The number of aromatic nitrogens is 1. The monoisotopic (exact) mass is 923 g/mol. The van der Waals surface area contributed by atoms with E-state index in [1.54, 1.807) is 13.1 Å². The lowest BCUT2D eigenvalue weighted by Crippen LogP contribution is -2.45. The number of aliphatic hydroxyl groups is 3. The SMILES string of the molecule is CN=C(N)N[C@@H]1CSSC[C@H]2C[C@@H](CC[C@H]1C)[C@H](CCCCc1oc(CCc3ccc(O)c(OC[C@H](O)c4cc5c([nH]4)CC[C@H]4CCC[C@@H]4[C@@H]5CNC[C@H](C)O)c3)cc1CO)C[C@@H]2N. The predicted octanol–water partition coefficient (Wildman–Crippen LogP) is 7.52. The first-order valence-corrected chi connectivity index (χ1v) is 26.9. The molecule has 1 saturated heterocycles. The maximum atomic E-state index is 11.3. The lowest BCUT2D eigenvalue weighted by molar-refractivity contribution is 0.103. The smallest absolute Gasteiger partial charge is 0.188 e. The highest BCUT2D eigenvalue weighted by molar-refractivity contribution is 8.76.